The number of benzene rings is 1. The summed E-state index contributed by atoms with van der Waals surface area (Å²) >= 11 is 0. The minimum Gasteiger partial charge on any atom is -0.481 e. The number of hydrogen-bond donors (Lipinski definition) is 1. The molecular weight excluding hydrogens is 271 g/mol. The maximum Gasteiger partial charge on any atom is 0.213 e. The lowest BCUT2D eigenvalue weighted by atomic mass is 10.2. The quantitative estimate of drug-likeness (QED) is 0.803. The summed E-state index contributed by atoms with van der Waals surface area (Å²) in [5.74, 6) is 0.612. The van der Waals surface area contributed by atoms with Crippen LogP contribution in [-0.2, 0) is 6.54 Å². The minimum atomic E-state index is -0.280. The van der Waals surface area contributed by atoms with Gasteiger partial charge in [0, 0.05) is 18.3 Å². The number of imidazole rings is 1. The van der Waals surface area contributed by atoms with Crippen LogP contribution in [0.1, 0.15) is 11.1 Å². The van der Waals surface area contributed by atoms with Gasteiger partial charge >= 0.3 is 0 Å². The number of pyridine rings is 1. The first-order chi connectivity index (χ1) is 10.1. The molecule has 0 saturated heterocycles. The second kappa shape index (κ2) is 5.05. The maximum atomic E-state index is 13.6. The number of nitrogens with two attached hydrogens (primary N) is 1. The van der Waals surface area contributed by atoms with Crippen LogP contribution in [-0.4, -0.2) is 21.6 Å². The number of aryl methyl sites for hydroxylation is 1. The molecule has 0 spiro atoms. The monoisotopic (exact) mass is 286 g/mol. The Morgan fingerprint density at radius 2 is 2.14 bits per heavy atom. The first-order valence-corrected chi connectivity index (χ1v) is 6.49. The summed E-state index contributed by atoms with van der Waals surface area (Å²) in [6.07, 6.45) is 1.67. The van der Waals surface area contributed by atoms with Gasteiger partial charge in [-0.15, -0.1) is 0 Å². The molecule has 2 heterocycles. The van der Waals surface area contributed by atoms with Crippen molar-refractivity contribution in [1.29, 1.82) is 0 Å². The number of methoxy groups -OCH3 is 1. The van der Waals surface area contributed by atoms with Crippen molar-refractivity contribution in [3.8, 4) is 5.88 Å². The Morgan fingerprint density at radius 3 is 2.90 bits per heavy atom. The largest absolute Gasteiger partial charge is 0.481 e. The summed E-state index contributed by atoms with van der Waals surface area (Å²) in [6, 6.07) is 6.88. The molecule has 0 aliphatic rings. The number of ether oxygens (including phenoxy) is 1. The second-order valence-electron chi connectivity index (χ2n) is 4.85. The van der Waals surface area contributed by atoms with Crippen LogP contribution < -0.4 is 10.5 Å². The van der Waals surface area contributed by atoms with Crippen LogP contribution in [0.15, 0.2) is 30.5 Å². The molecule has 3 aromatic rings. The van der Waals surface area contributed by atoms with Gasteiger partial charge in [0.25, 0.3) is 0 Å². The van der Waals surface area contributed by atoms with Gasteiger partial charge in [-0.25, -0.2) is 14.4 Å². The van der Waals surface area contributed by atoms with Gasteiger partial charge in [-0.2, -0.15) is 0 Å². The van der Waals surface area contributed by atoms with Crippen LogP contribution in [0.5, 0.6) is 5.88 Å². The van der Waals surface area contributed by atoms with Crippen molar-refractivity contribution in [3.05, 3.63) is 47.4 Å². The van der Waals surface area contributed by atoms with Crippen LogP contribution >= 0.6 is 0 Å². The van der Waals surface area contributed by atoms with E-state index in [4.69, 9.17) is 10.5 Å². The van der Waals surface area contributed by atoms with Crippen molar-refractivity contribution in [2.45, 2.75) is 13.5 Å². The lowest BCUT2D eigenvalue weighted by Crippen LogP contribution is -2.05. The molecule has 0 unspecified atom stereocenters. The van der Waals surface area contributed by atoms with Crippen LogP contribution in [0.3, 0.4) is 0 Å². The smallest absolute Gasteiger partial charge is 0.213 e. The average molecular weight is 286 g/mol. The van der Waals surface area contributed by atoms with Gasteiger partial charge < -0.3 is 15.0 Å². The molecule has 0 amide bonds. The zero-order valence-electron chi connectivity index (χ0n) is 11.8. The van der Waals surface area contributed by atoms with Crippen molar-refractivity contribution in [3.63, 3.8) is 0 Å². The van der Waals surface area contributed by atoms with E-state index in [9.17, 15) is 4.39 Å². The molecule has 0 aliphatic heterocycles. The Balaban J connectivity index is 2.07. The van der Waals surface area contributed by atoms with Crippen LogP contribution in [0.25, 0.3) is 11.0 Å². The number of halogens is 1. The molecule has 0 atom stereocenters. The van der Waals surface area contributed by atoms with E-state index in [0.717, 1.165) is 11.1 Å². The standard InChI is InChI=1S/C15H15FN4O/c1-9-5-13-12(7-11(9)16)19-15(17)20(13)8-10-3-4-18-14(6-10)21-2/h3-7H,8H2,1-2H3,(H2,17,19). The van der Waals surface area contributed by atoms with Gasteiger partial charge in [0.1, 0.15) is 5.82 Å². The SMILES string of the molecule is COc1cc(Cn2c(N)nc3cc(F)c(C)cc32)ccn1. The Labute approximate surface area is 121 Å². The van der Waals surface area contributed by atoms with E-state index in [1.807, 2.05) is 16.7 Å². The van der Waals surface area contributed by atoms with E-state index in [-0.39, 0.29) is 5.82 Å². The van der Waals surface area contributed by atoms with Gasteiger partial charge in [0.05, 0.1) is 24.7 Å². The number of rotatable bonds is 3. The molecule has 0 fully saturated rings. The Kier molecular flexibility index (Phi) is 3.21. The van der Waals surface area contributed by atoms with Gasteiger partial charge in [-0.3, -0.25) is 0 Å². The fourth-order valence-corrected chi connectivity index (χ4v) is 2.28. The number of fused-ring (bicyclic) bond motifs is 1. The van der Waals surface area contributed by atoms with Crippen LogP contribution in [0.2, 0.25) is 0 Å². The highest BCUT2D eigenvalue weighted by Crippen LogP contribution is 2.23. The van der Waals surface area contributed by atoms with Crippen LogP contribution in [0, 0.1) is 12.7 Å². The lowest BCUT2D eigenvalue weighted by Gasteiger charge is -2.08. The molecule has 108 valence electrons. The third-order valence-electron chi connectivity index (χ3n) is 3.41. The minimum absolute atomic E-state index is 0.280. The fourth-order valence-electron chi connectivity index (χ4n) is 2.28. The van der Waals surface area contributed by atoms with Crippen molar-refractivity contribution in [2.75, 3.05) is 12.8 Å². The Hall–Kier alpha value is -2.63. The third kappa shape index (κ3) is 2.40. The van der Waals surface area contributed by atoms with E-state index in [2.05, 4.69) is 9.97 Å². The third-order valence-corrected chi connectivity index (χ3v) is 3.41. The van der Waals surface area contributed by atoms with E-state index >= 15 is 0 Å². The molecule has 0 saturated carbocycles. The molecule has 21 heavy (non-hydrogen) atoms. The predicted octanol–water partition coefficient (Wildman–Crippen LogP) is 2.52. The number of anilines is 1. The molecule has 0 bridgehead atoms. The molecule has 6 heteroatoms. The normalized spacial score (nSPS) is 11.0. The number of nitrogen functional groups attached to an aromatic ring is 1. The molecule has 5 nitrogen and oxygen atoms in total. The van der Waals surface area contributed by atoms with Gasteiger partial charge in [-0.05, 0) is 30.2 Å². The number of hydrogen-bond acceptors (Lipinski definition) is 4. The summed E-state index contributed by atoms with van der Waals surface area (Å²) in [7, 11) is 1.57. The Bertz CT molecular complexity index is 813. The van der Waals surface area contributed by atoms with Crippen LogP contribution in [0.4, 0.5) is 10.3 Å². The highest BCUT2D eigenvalue weighted by molar-refractivity contribution is 5.79. The lowest BCUT2D eigenvalue weighted by molar-refractivity contribution is 0.397. The zero-order valence-corrected chi connectivity index (χ0v) is 11.8. The summed E-state index contributed by atoms with van der Waals surface area (Å²) in [5, 5.41) is 0. The maximum absolute atomic E-state index is 13.6. The molecule has 0 radical (unpaired) electrons. The van der Waals surface area contributed by atoms with Gasteiger partial charge in [-0.1, -0.05) is 0 Å². The second-order valence-corrected chi connectivity index (χ2v) is 4.85. The summed E-state index contributed by atoms with van der Waals surface area (Å²) in [6.45, 7) is 2.24. The first-order valence-electron chi connectivity index (χ1n) is 6.49. The van der Waals surface area contributed by atoms with Gasteiger partial charge in [0.15, 0.2) is 0 Å². The fraction of sp³-hybridized carbons (Fsp3) is 0.200. The van der Waals surface area contributed by atoms with E-state index < -0.39 is 0 Å². The van der Waals surface area contributed by atoms with Crippen molar-refractivity contribution >= 4 is 17.0 Å². The van der Waals surface area contributed by atoms with E-state index in [1.165, 1.54) is 6.07 Å². The highest BCUT2D eigenvalue weighted by Gasteiger charge is 2.11. The predicted molar refractivity (Wildman–Crippen MR) is 78.7 cm³/mol. The Morgan fingerprint density at radius 1 is 1.33 bits per heavy atom. The highest BCUT2D eigenvalue weighted by atomic mass is 19.1. The number of aromatic nitrogens is 3. The summed E-state index contributed by atoms with van der Waals surface area (Å²) in [4.78, 5) is 8.28. The van der Waals surface area contributed by atoms with E-state index in [1.54, 1.807) is 26.3 Å². The zero-order chi connectivity index (χ0) is 15.0. The molecule has 1 aromatic carbocycles. The van der Waals surface area contributed by atoms with Crippen molar-refractivity contribution < 1.29 is 9.13 Å². The summed E-state index contributed by atoms with van der Waals surface area (Å²) in [5.41, 5.74) is 8.86. The molecule has 3 rings (SSSR count). The number of nitrogens with zero attached hydrogens (tertiary/aromatic N) is 3. The molecule has 0 aliphatic carbocycles. The van der Waals surface area contributed by atoms with Gasteiger partial charge in [0.2, 0.25) is 11.8 Å². The average Bonchev–Trinajstić information content (AvgIpc) is 2.76. The molecule has 2 N–H and O–H groups in total. The molecular formula is C15H15FN4O. The first kappa shape index (κ1) is 13.4. The topological polar surface area (TPSA) is 66.0 Å². The van der Waals surface area contributed by atoms with E-state index in [0.29, 0.717) is 29.5 Å². The van der Waals surface area contributed by atoms with Crippen molar-refractivity contribution in [2.24, 2.45) is 0 Å². The molecule has 2 aromatic heterocycles. The van der Waals surface area contributed by atoms with Crippen molar-refractivity contribution in [1.82, 2.24) is 14.5 Å². The summed E-state index contributed by atoms with van der Waals surface area (Å²) < 4.78 is 20.6.